The van der Waals surface area contributed by atoms with Gasteiger partial charge in [0.1, 0.15) is 17.5 Å². The van der Waals surface area contributed by atoms with Gasteiger partial charge < -0.3 is 5.32 Å². The highest BCUT2D eigenvalue weighted by Crippen LogP contribution is 2.16. The molecular weight excluding hydrogens is 299 g/mol. The molecule has 0 aromatic heterocycles. The molecule has 0 saturated carbocycles. The summed E-state index contributed by atoms with van der Waals surface area (Å²) in [5.74, 6) is -1.54. The Balaban J connectivity index is 1.97. The summed E-state index contributed by atoms with van der Waals surface area (Å²) < 4.78 is 40.7. The Bertz CT molecular complexity index is 611. The first-order valence-corrected chi connectivity index (χ1v) is 6.95. The number of hydrogen-bond donors (Lipinski definition) is 1. The SMILES string of the molecule is CC(Cc1c(F)cccc1F)NCc1ccc(Cl)cc1F. The Kier molecular flexibility index (Phi) is 5.26. The zero-order valence-electron chi connectivity index (χ0n) is 11.5. The Morgan fingerprint density at radius 3 is 2.33 bits per heavy atom. The van der Waals surface area contributed by atoms with Crippen LogP contribution in [0.2, 0.25) is 5.02 Å². The molecule has 0 aliphatic carbocycles. The predicted molar refractivity (Wildman–Crippen MR) is 77.8 cm³/mol. The second kappa shape index (κ2) is 6.96. The van der Waals surface area contributed by atoms with Gasteiger partial charge in [-0.1, -0.05) is 23.7 Å². The number of benzene rings is 2. The van der Waals surface area contributed by atoms with Gasteiger partial charge in [-0.15, -0.1) is 0 Å². The van der Waals surface area contributed by atoms with Gasteiger partial charge in [0.2, 0.25) is 0 Å². The van der Waals surface area contributed by atoms with Crippen LogP contribution >= 0.6 is 11.6 Å². The van der Waals surface area contributed by atoms with Gasteiger partial charge >= 0.3 is 0 Å². The third-order valence-electron chi connectivity index (χ3n) is 3.23. The highest BCUT2D eigenvalue weighted by Gasteiger charge is 2.13. The normalized spacial score (nSPS) is 12.4. The van der Waals surface area contributed by atoms with Crippen molar-refractivity contribution in [2.24, 2.45) is 0 Å². The predicted octanol–water partition coefficient (Wildman–Crippen LogP) is 4.48. The van der Waals surface area contributed by atoms with Crippen LogP contribution < -0.4 is 5.32 Å². The largest absolute Gasteiger partial charge is 0.310 e. The average molecular weight is 314 g/mol. The average Bonchev–Trinajstić information content (AvgIpc) is 2.42. The van der Waals surface area contributed by atoms with E-state index in [4.69, 9.17) is 11.6 Å². The number of nitrogens with one attached hydrogen (secondary N) is 1. The first-order valence-electron chi connectivity index (χ1n) is 6.57. The Labute approximate surface area is 126 Å². The van der Waals surface area contributed by atoms with Crippen LogP contribution in [0.5, 0.6) is 0 Å². The smallest absolute Gasteiger partial charge is 0.129 e. The maximum atomic E-state index is 13.6. The fourth-order valence-electron chi connectivity index (χ4n) is 2.05. The van der Waals surface area contributed by atoms with E-state index in [1.807, 2.05) is 0 Å². The monoisotopic (exact) mass is 313 g/mol. The van der Waals surface area contributed by atoms with Crippen LogP contribution in [0.3, 0.4) is 0 Å². The van der Waals surface area contributed by atoms with Crippen molar-refractivity contribution in [2.75, 3.05) is 0 Å². The summed E-state index contributed by atoms with van der Waals surface area (Å²) in [7, 11) is 0. The van der Waals surface area contributed by atoms with Gasteiger partial charge in [-0.05, 0) is 37.6 Å². The third kappa shape index (κ3) is 4.22. The lowest BCUT2D eigenvalue weighted by molar-refractivity contribution is 0.492. The van der Waals surface area contributed by atoms with Crippen molar-refractivity contribution in [3.8, 4) is 0 Å². The molecule has 2 aromatic rings. The summed E-state index contributed by atoms with van der Waals surface area (Å²) in [6.45, 7) is 2.06. The fourth-order valence-corrected chi connectivity index (χ4v) is 2.21. The van der Waals surface area contributed by atoms with Crippen molar-refractivity contribution < 1.29 is 13.2 Å². The summed E-state index contributed by atoms with van der Waals surface area (Å²) in [6.07, 6.45) is 0.188. The van der Waals surface area contributed by atoms with E-state index in [0.717, 1.165) is 0 Å². The molecule has 21 heavy (non-hydrogen) atoms. The molecule has 0 amide bonds. The van der Waals surface area contributed by atoms with Crippen molar-refractivity contribution in [1.82, 2.24) is 5.32 Å². The molecule has 2 aromatic carbocycles. The van der Waals surface area contributed by atoms with E-state index in [0.29, 0.717) is 10.6 Å². The van der Waals surface area contributed by atoms with Crippen LogP contribution in [-0.2, 0) is 13.0 Å². The molecule has 0 bridgehead atoms. The maximum absolute atomic E-state index is 13.6. The topological polar surface area (TPSA) is 12.0 Å². The van der Waals surface area contributed by atoms with Gasteiger partial charge in [-0.3, -0.25) is 0 Å². The minimum absolute atomic E-state index is 0.0362. The van der Waals surface area contributed by atoms with Crippen LogP contribution in [-0.4, -0.2) is 6.04 Å². The van der Waals surface area contributed by atoms with Gasteiger partial charge in [0.15, 0.2) is 0 Å². The fraction of sp³-hybridized carbons (Fsp3) is 0.250. The molecule has 0 aliphatic rings. The highest BCUT2D eigenvalue weighted by molar-refractivity contribution is 6.30. The lowest BCUT2D eigenvalue weighted by atomic mass is 10.1. The zero-order valence-corrected chi connectivity index (χ0v) is 12.2. The van der Waals surface area contributed by atoms with E-state index in [2.05, 4.69) is 5.32 Å². The highest BCUT2D eigenvalue weighted by atomic mass is 35.5. The Morgan fingerprint density at radius 1 is 1.05 bits per heavy atom. The molecule has 112 valence electrons. The van der Waals surface area contributed by atoms with Crippen LogP contribution in [0.1, 0.15) is 18.1 Å². The van der Waals surface area contributed by atoms with Crippen LogP contribution in [0.15, 0.2) is 36.4 Å². The van der Waals surface area contributed by atoms with E-state index in [1.165, 1.54) is 24.3 Å². The summed E-state index contributed by atoms with van der Waals surface area (Å²) in [6, 6.07) is 8.00. The molecule has 2 rings (SSSR count). The van der Waals surface area contributed by atoms with Gasteiger partial charge in [0.05, 0.1) is 0 Å². The summed E-state index contributed by atoms with van der Waals surface area (Å²) in [5.41, 5.74) is 0.495. The molecule has 5 heteroatoms. The second-order valence-electron chi connectivity index (χ2n) is 4.92. The molecule has 0 radical (unpaired) electrons. The van der Waals surface area contributed by atoms with Gasteiger partial charge in [0, 0.05) is 28.7 Å². The molecule has 1 N–H and O–H groups in total. The maximum Gasteiger partial charge on any atom is 0.129 e. The van der Waals surface area contributed by atoms with Gasteiger partial charge in [-0.25, -0.2) is 13.2 Å². The molecule has 0 spiro atoms. The Hall–Kier alpha value is -1.52. The van der Waals surface area contributed by atoms with Crippen LogP contribution in [0.25, 0.3) is 0 Å². The molecule has 0 aliphatic heterocycles. The minimum Gasteiger partial charge on any atom is -0.310 e. The number of hydrogen-bond acceptors (Lipinski definition) is 1. The van der Waals surface area contributed by atoms with E-state index < -0.39 is 17.5 Å². The second-order valence-corrected chi connectivity index (χ2v) is 5.36. The van der Waals surface area contributed by atoms with E-state index >= 15 is 0 Å². The molecule has 0 saturated heterocycles. The van der Waals surface area contributed by atoms with Crippen molar-refractivity contribution in [3.63, 3.8) is 0 Å². The zero-order chi connectivity index (χ0) is 15.4. The quantitative estimate of drug-likeness (QED) is 0.858. The summed E-state index contributed by atoms with van der Waals surface area (Å²) in [4.78, 5) is 0. The molecule has 0 fully saturated rings. The van der Waals surface area contributed by atoms with Crippen molar-refractivity contribution >= 4 is 11.6 Å². The first-order chi connectivity index (χ1) is 9.97. The number of halogens is 4. The Morgan fingerprint density at radius 2 is 1.71 bits per heavy atom. The minimum atomic E-state index is -0.568. The van der Waals surface area contributed by atoms with Crippen molar-refractivity contribution in [3.05, 3.63) is 70.0 Å². The van der Waals surface area contributed by atoms with Crippen LogP contribution in [0.4, 0.5) is 13.2 Å². The lowest BCUT2D eigenvalue weighted by Gasteiger charge is -2.15. The molecule has 1 unspecified atom stereocenters. The molecule has 1 nitrogen and oxygen atoms in total. The number of rotatable bonds is 5. The van der Waals surface area contributed by atoms with E-state index in [9.17, 15) is 13.2 Å². The van der Waals surface area contributed by atoms with Gasteiger partial charge in [-0.2, -0.15) is 0 Å². The lowest BCUT2D eigenvalue weighted by Crippen LogP contribution is -2.28. The van der Waals surface area contributed by atoms with Crippen LogP contribution in [0, 0.1) is 17.5 Å². The molecule has 0 heterocycles. The molecule has 1 atom stereocenters. The molecular formula is C16H15ClF3N. The summed E-state index contributed by atoms with van der Waals surface area (Å²) >= 11 is 5.68. The van der Waals surface area contributed by atoms with Crippen molar-refractivity contribution in [1.29, 1.82) is 0 Å². The first kappa shape index (κ1) is 15.9. The van der Waals surface area contributed by atoms with E-state index in [1.54, 1.807) is 19.1 Å². The van der Waals surface area contributed by atoms with Crippen molar-refractivity contribution in [2.45, 2.75) is 25.9 Å². The summed E-state index contributed by atoms with van der Waals surface area (Å²) in [5, 5.41) is 3.38. The third-order valence-corrected chi connectivity index (χ3v) is 3.46. The van der Waals surface area contributed by atoms with Gasteiger partial charge in [0.25, 0.3) is 0 Å². The standard InChI is InChI=1S/C16H15ClF3N/c1-10(7-13-14(18)3-2-4-15(13)19)21-9-11-5-6-12(17)8-16(11)20/h2-6,8,10,21H,7,9H2,1H3. The van der Waals surface area contributed by atoms with E-state index in [-0.39, 0.29) is 24.6 Å².